The van der Waals surface area contributed by atoms with Crippen LogP contribution in [0, 0.1) is 0 Å². The summed E-state index contributed by atoms with van der Waals surface area (Å²) in [6, 6.07) is 15.6. The van der Waals surface area contributed by atoms with Crippen LogP contribution in [0.15, 0.2) is 54.6 Å². The van der Waals surface area contributed by atoms with Gasteiger partial charge in [0.05, 0.1) is 55.2 Å². The number of nitrogens with zero attached hydrogens (tertiary/aromatic N) is 1. The highest BCUT2D eigenvalue weighted by atomic mass is 35.5. The number of hydrogen-bond donors (Lipinski definition) is 1. The summed E-state index contributed by atoms with van der Waals surface area (Å²) < 4.78 is 22.2. The Kier molecular flexibility index (Phi) is 10.9. The minimum absolute atomic E-state index is 0.108. The van der Waals surface area contributed by atoms with E-state index in [1.165, 1.54) is 0 Å². The van der Waals surface area contributed by atoms with Crippen LogP contribution in [0.25, 0.3) is 11.1 Å². The molecule has 3 aromatic rings. The summed E-state index contributed by atoms with van der Waals surface area (Å²) in [4.78, 5) is 28.1. The average Bonchev–Trinajstić information content (AvgIpc) is 2.97. The Labute approximate surface area is 250 Å². The third-order valence-corrected chi connectivity index (χ3v) is 7.45. The van der Waals surface area contributed by atoms with Crippen molar-refractivity contribution in [1.82, 2.24) is 10.2 Å². The molecule has 218 valence electrons. The van der Waals surface area contributed by atoms with Crippen LogP contribution in [0.2, 0.25) is 10.0 Å². The van der Waals surface area contributed by atoms with Crippen molar-refractivity contribution in [3.05, 3.63) is 81.3 Å². The Bertz CT molecular complexity index is 1310. The van der Waals surface area contributed by atoms with Gasteiger partial charge in [0, 0.05) is 26.1 Å². The molecule has 1 N–H and O–H groups in total. The summed E-state index contributed by atoms with van der Waals surface area (Å²) in [5.74, 6) is 0.302. The van der Waals surface area contributed by atoms with Gasteiger partial charge < -0.3 is 24.3 Å². The molecule has 0 aromatic heterocycles. The summed E-state index contributed by atoms with van der Waals surface area (Å²) in [5, 5.41) is 3.13. The van der Waals surface area contributed by atoms with Crippen molar-refractivity contribution >= 4 is 35.1 Å². The molecule has 41 heavy (non-hydrogen) atoms. The number of hydrogen-bond acceptors (Lipinski definition) is 7. The third kappa shape index (κ3) is 7.71. The smallest absolute Gasteiger partial charge is 0.328 e. The Morgan fingerprint density at radius 3 is 2.12 bits per heavy atom. The van der Waals surface area contributed by atoms with E-state index in [9.17, 15) is 9.59 Å². The molecule has 3 aromatic carbocycles. The van der Waals surface area contributed by atoms with Gasteiger partial charge in [-0.2, -0.15) is 0 Å². The maximum atomic E-state index is 13.0. The molecule has 4 rings (SSSR count). The summed E-state index contributed by atoms with van der Waals surface area (Å²) in [6.45, 7) is 5.89. The van der Waals surface area contributed by atoms with Gasteiger partial charge in [0.25, 0.3) is 5.91 Å². The van der Waals surface area contributed by atoms with E-state index >= 15 is 0 Å². The number of ether oxygens (including phenoxy) is 4. The van der Waals surface area contributed by atoms with Crippen molar-refractivity contribution in [3.8, 4) is 22.6 Å². The lowest BCUT2D eigenvalue weighted by atomic mass is 9.97. The van der Waals surface area contributed by atoms with E-state index in [1.54, 1.807) is 39.3 Å². The topological polar surface area (TPSA) is 86.3 Å². The number of morpholine rings is 1. The zero-order chi connectivity index (χ0) is 29.4. The van der Waals surface area contributed by atoms with Gasteiger partial charge >= 0.3 is 5.97 Å². The second-order valence-electron chi connectivity index (χ2n) is 9.54. The van der Waals surface area contributed by atoms with Crippen LogP contribution in [0.5, 0.6) is 11.5 Å². The first-order valence-electron chi connectivity index (χ1n) is 13.4. The molecule has 1 atom stereocenters. The molecule has 0 saturated carbocycles. The largest absolute Gasteiger partial charge is 0.496 e. The number of rotatable bonds is 11. The van der Waals surface area contributed by atoms with Gasteiger partial charge in [-0.1, -0.05) is 53.5 Å². The fourth-order valence-electron chi connectivity index (χ4n) is 4.78. The number of carbonyl (C=O) groups is 2. The first kappa shape index (κ1) is 30.7. The number of halogens is 2. The maximum absolute atomic E-state index is 13.0. The SMILES string of the molecule is CCOC(=O)[C@H](Cc1ccc(-c2c(OC)cc(CN3CCOCC3)cc2OC)cc1)NC(=O)c1c(Cl)cccc1Cl. The second kappa shape index (κ2) is 14.5. The quantitative estimate of drug-likeness (QED) is 0.294. The van der Waals surface area contributed by atoms with Gasteiger partial charge in [-0.05, 0) is 47.9 Å². The molecular formula is C31H34Cl2N2O6. The third-order valence-electron chi connectivity index (χ3n) is 6.82. The first-order valence-corrected chi connectivity index (χ1v) is 14.2. The normalized spacial score (nSPS) is 14.3. The highest BCUT2D eigenvalue weighted by Crippen LogP contribution is 2.40. The Morgan fingerprint density at radius 1 is 0.951 bits per heavy atom. The molecule has 0 aliphatic carbocycles. The van der Waals surface area contributed by atoms with Crippen LogP contribution in [0.4, 0.5) is 0 Å². The molecule has 1 fully saturated rings. The monoisotopic (exact) mass is 600 g/mol. The Morgan fingerprint density at radius 2 is 1.56 bits per heavy atom. The van der Waals surface area contributed by atoms with E-state index in [0.29, 0.717) is 11.5 Å². The van der Waals surface area contributed by atoms with Crippen molar-refractivity contribution in [3.63, 3.8) is 0 Å². The molecule has 0 bridgehead atoms. The number of esters is 1. The molecule has 1 aliphatic rings. The first-order chi connectivity index (χ1) is 19.8. The van der Waals surface area contributed by atoms with E-state index in [1.807, 2.05) is 36.4 Å². The molecule has 1 heterocycles. The number of methoxy groups -OCH3 is 2. The predicted molar refractivity (Wildman–Crippen MR) is 159 cm³/mol. The van der Waals surface area contributed by atoms with Crippen LogP contribution in [0.3, 0.4) is 0 Å². The fourth-order valence-corrected chi connectivity index (χ4v) is 5.35. The highest BCUT2D eigenvalue weighted by molar-refractivity contribution is 6.39. The number of nitrogens with one attached hydrogen (secondary N) is 1. The van der Waals surface area contributed by atoms with Crippen molar-refractivity contribution in [2.45, 2.75) is 25.9 Å². The Balaban J connectivity index is 1.55. The minimum Gasteiger partial charge on any atom is -0.496 e. The lowest BCUT2D eigenvalue weighted by molar-refractivity contribution is -0.145. The van der Waals surface area contributed by atoms with E-state index in [4.69, 9.17) is 42.1 Å². The molecular weight excluding hydrogens is 567 g/mol. The molecule has 0 unspecified atom stereocenters. The van der Waals surface area contributed by atoms with Crippen molar-refractivity contribution in [1.29, 1.82) is 0 Å². The van der Waals surface area contributed by atoms with Gasteiger partial charge in [0.2, 0.25) is 0 Å². The summed E-state index contributed by atoms with van der Waals surface area (Å²) in [7, 11) is 3.28. The van der Waals surface area contributed by atoms with E-state index in [2.05, 4.69) is 10.2 Å². The van der Waals surface area contributed by atoms with E-state index in [0.717, 1.165) is 55.1 Å². The van der Waals surface area contributed by atoms with Crippen LogP contribution in [-0.4, -0.2) is 69.9 Å². The van der Waals surface area contributed by atoms with E-state index in [-0.39, 0.29) is 28.6 Å². The molecule has 0 spiro atoms. The lowest BCUT2D eigenvalue weighted by Crippen LogP contribution is -2.43. The number of benzene rings is 3. The fraction of sp³-hybridized carbons (Fsp3) is 0.355. The summed E-state index contributed by atoms with van der Waals surface area (Å²) in [5.41, 5.74) is 3.74. The van der Waals surface area contributed by atoms with Crippen molar-refractivity contribution < 1.29 is 28.5 Å². The average molecular weight is 602 g/mol. The lowest BCUT2D eigenvalue weighted by Gasteiger charge is -2.27. The molecule has 10 heteroatoms. The van der Waals surface area contributed by atoms with Crippen LogP contribution < -0.4 is 14.8 Å². The maximum Gasteiger partial charge on any atom is 0.328 e. The van der Waals surface area contributed by atoms with Crippen LogP contribution >= 0.6 is 23.2 Å². The summed E-state index contributed by atoms with van der Waals surface area (Å²) in [6.07, 6.45) is 0.208. The molecule has 1 saturated heterocycles. The van der Waals surface area contributed by atoms with Gasteiger partial charge in [-0.15, -0.1) is 0 Å². The standard InChI is InChI=1S/C31H34Cl2N2O6/c1-4-41-31(37)25(34-30(36)29-23(32)6-5-7-24(29)33)16-20-8-10-22(11-9-20)28-26(38-2)17-21(18-27(28)39-3)19-35-12-14-40-15-13-35/h5-11,17-18,25H,4,12-16,19H2,1-3H3,(H,34,36)/t25-/m0/s1. The predicted octanol–water partition coefficient (Wildman–Crippen LogP) is 5.41. The number of carbonyl (C=O) groups excluding carboxylic acids is 2. The highest BCUT2D eigenvalue weighted by Gasteiger charge is 2.26. The van der Waals surface area contributed by atoms with Crippen LogP contribution in [0.1, 0.15) is 28.4 Å². The van der Waals surface area contributed by atoms with Gasteiger partial charge in [-0.3, -0.25) is 9.69 Å². The Hall–Kier alpha value is -3.30. The van der Waals surface area contributed by atoms with Gasteiger partial charge in [-0.25, -0.2) is 4.79 Å². The minimum atomic E-state index is -0.941. The zero-order valence-corrected chi connectivity index (χ0v) is 24.9. The van der Waals surface area contributed by atoms with Gasteiger partial charge in [0.1, 0.15) is 17.5 Å². The molecule has 1 amide bonds. The molecule has 0 radical (unpaired) electrons. The molecule has 8 nitrogen and oxygen atoms in total. The van der Waals surface area contributed by atoms with Gasteiger partial charge in [0.15, 0.2) is 0 Å². The summed E-state index contributed by atoms with van der Waals surface area (Å²) >= 11 is 12.4. The van der Waals surface area contributed by atoms with Crippen LogP contribution in [-0.2, 0) is 27.2 Å². The van der Waals surface area contributed by atoms with Crippen molar-refractivity contribution in [2.75, 3.05) is 47.1 Å². The molecule has 1 aliphatic heterocycles. The second-order valence-corrected chi connectivity index (χ2v) is 10.4. The van der Waals surface area contributed by atoms with E-state index < -0.39 is 17.9 Å². The number of amides is 1. The zero-order valence-electron chi connectivity index (χ0n) is 23.4. The van der Waals surface area contributed by atoms with Crippen molar-refractivity contribution in [2.24, 2.45) is 0 Å².